The fourth-order valence-electron chi connectivity index (χ4n) is 2.54. The van der Waals surface area contributed by atoms with Crippen LogP contribution in [0.4, 0.5) is 0 Å². The van der Waals surface area contributed by atoms with Gasteiger partial charge in [0.1, 0.15) is 0 Å². The van der Waals surface area contributed by atoms with Crippen molar-refractivity contribution in [2.24, 2.45) is 5.41 Å². The number of hydrogen-bond acceptors (Lipinski definition) is 2. The highest BCUT2D eigenvalue weighted by Gasteiger charge is 2.36. The van der Waals surface area contributed by atoms with Crippen LogP contribution in [0.15, 0.2) is 28.7 Å². The average molecular weight is 365 g/mol. The molecule has 0 bridgehead atoms. The van der Waals surface area contributed by atoms with Crippen LogP contribution in [0.5, 0.6) is 0 Å². The van der Waals surface area contributed by atoms with Crippen molar-refractivity contribution in [2.75, 3.05) is 7.11 Å². The van der Waals surface area contributed by atoms with E-state index in [9.17, 15) is 4.79 Å². The third-order valence-electron chi connectivity index (χ3n) is 4.22. The molecule has 0 fully saturated rings. The zero-order chi connectivity index (χ0) is 16.8. The normalized spacial score (nSPS) is 14.0. The number of carbonyl (C=O) groups is 1. The summed E-state index contributed by atoms with van der Waals surface area (Å²) in [5.74, 6) is 2.62. The van der Waals surface area contributed by atoms with Gasteiger partial charge < -0.3 is 4.74 Å². The van der Waals surface area contributed by atoms with E-state index in [4.69, 9.17) is 11.2 Å². The van der Waals surface area contributed by atoms with Gasteiger partial charge in [0.15, 0.2) is 0 Å². The molecule has 2 nitrogen and oxygen atoms in total. The van der Waals surface area contributed by atoms with Gasteiger partial charge in [-0.3, -0.25) is 4.79 Å². The number of esters is 1. The molecule has 1 rings (SSSR count). The van der Waals surface area contributed by atoms with E-state index in [0.29, 0.717) is 0 Å². The number of rotatable bonds is 7. The van der Waals surface area contributed by atoms with Gasteiger partial charge >= 0.3 is 5.97 Å². The molecule has 1 unspecified atom stereocenters. The average Bonchev–Trinajstić information content (AvgIpc) is 2.50. The number of terminal acetylenes is 1. The Hall–Kier alpha value is -1.27. The lowest BCUT2D eigenvalue weighted by molar-refractivity contribution is -0.147. The molecule has 0 aliphatic rings. The highest BCUT2D eigenvalue weighted by Crippen LogP contribution is 2.34. The van der Waals surface area contributed by atoms with E-state index in [0.717, 1.165) is 35.7 Å². The third kappa shape index (κ3) is 4.88. The number of ether oxygens (including phenoxy) is 1. The number of unbranched alkanes of at least 4 members (excludes halogenated alkanes) is 1. The highest BCUT2D eigenvalue weighted by atomic mass is 79.9. The minimum Gasteiger partial charge on any atom is -0.468 e. The van der Waals surface area contributed by atoms with Gasteiger partial charge in [0.05, 0.1) is 12.5 Å². The van der Waals surface area contributed by atoms with Crippen molar-refractivity contribution in [3.63, 3.8) is 0 Å². The fourth-order valence-corrected chi connectivity index (χ4v) is 2.94. The lowest BCUT2D eigenvalue weighted by Gasteiger charge is -2.28. The van der Waals surface area contributed by atoms with Gasteiger partial charge in [0.25, 0.3) is 0 Å². The molecule has 3 heteroatoms. The Balaban J connectivity index is 2.82. The van der Waals surface area contributed by atoms with Gasteiger partial charge in [-0.25, -0.2) is 0 Å². The molecular weight excluding hydrogens is 340 g/mol. The molecule has 1 aromatic rings. The van der Waals surface area contributed by atoms with Crippen molar-refractivity contribution in [1.82, 2.24) is 0 Å². The first-order valence-electron chi connectivity index (χ1n) is 7.57. The molecule has 0 spiro atoms. The molecule has 120 valence electrons. The number of carbonyl (C=O) groups excluding carboxylic acids is 1. The van der Waals surface area contributed by atoms with Crippen LogP contribution >= 0.6 is 15.9 Å². The summed E-state index contributed by atoms with van der Waals surface area (Å²) in [6.45, 7) is 6.09. The van der Waals surface area contributed by atoms with E-state index in [-0.39, 0.29) is 11.4 Å². The highest BCUT2D eigenvalue weighted by molar-refractivity contribution is 9.10. The zero-order valence-corrected chi connectivity index (χ0v) is 15.5. The molecule has 0 N–H and O–H groups in total. The lowest BCUT2D eigenvalue weighted by atomic mass is 9.77. The van der Waals surface area contributed by atoms with E-state index in [2.05, 4.69) is 35.7 Å². The Morgan fingerprint density at radius 1 is 1.27 bits per heavy atom. The Morgan fingerprint density at radius 3 is 2.45 bits per heavy atom. The molecule has 1 aromatic carbocycles. The number of halogens is 1. The Labute approximate surface area is 142 Å². The fraction of sp³-hybridized carbons (Fsp3) is 0.526. The summed E-state index contributed by atoms with van der Waals surface area (Å²) in [7, 11) is 1.44. The van der Waals surface area contributed by atoms with Crippen molar-refractivity contribution in [3.05, 3.63) is 34.3 Å². The molecule has 0 aromatic heterocycles. The van der Waals surface area contributed by atoms with E-state index in [1.54, 1.807) is 0 Å². The Morgan fingerprint density at radius 2 is 1.91 bits per heavy atom. The summed E-state index contributed by atoms with van der Waals surface area (Å²) in [5.41, 5.74) is 0.265. The molecule has 0 radical (unpaired) electrons. The van der Waals surface area contributed by atoms with Crippen molar-refractivity contribution in [2.45, 2.75) is 51.9 Å². The quantitative estimate of drug-likeness (QED) is 0.382. The van der Waals surface area contributed by atoms with Crippen LogP contribution in [-0.2, 0) is 14.9 Å². The number of benzene rings is 1. The van der Waals surface area contributed by atoms with Gasteiger partial charge in [-0.2, -0.15) is 0 Å². The predicted octanol–water partition coefficient (Wildman–Crippen LogP) is 5.10. The van der Waals surface area contributed by atoms with Crippen LogP contribution in [0.25, 0.3) is 0 Å². The van der Waals surface area contributed by atoms with Crippen LogP contribution in [0.3, 0.4) is 0 Å². The van der Waals surface area contributed by atoms with E-state index in [1.165, 1.54) is 7.11 Å². The first kappa shape index (κ1) is 18.8. The van der Waals surface area contributed by atoms with E-state index < -0.39 is 5.41 Å². The molecule has 0 aliphatic carbocycles. The summed E-state index contributed by atoms with van der Waals surface area (Å²) < 4.78 is 6.01. The minimum atomic E-state index is -0.626. The summed E-state index contributed by atoms with van der Waals surface area (Å²) in [4.78, 5) is 12.3. The third-order valence-corrected chi connectivity index (χ3v) is 4.71. The summed E-state index contributed by atoms with van der Waals surface area (Å²) >= 11 is 3.47. The molecule has 22 heavy (non-hydrogen) atoms. The Kier molecular flexibility index (Phi) is 6.68. The first-order valence-corrected chi connectivity index (χ1v) is 8.37. The van der Waals surface area contributed by atoms with Gasteiger partial charge in [0.2, 0.25) is 0 Å². The molecule has 0 saturated heterocycles. The second-order valence-corrected chi connectivity index (χ2v) is 7.49. The molecular formula is C19H25BrO2. The topological polar surface area (TPSA) is 26.3 Å². The monoisotopic (exact) mass is 364 g/mol. The molecule has 0 amide bonds. The van der Waals surface area contributed by atoms with Gasteiger partial charge in [-0.05, 0) is 51.3 Å². The minimum absolute atomic E-state index is 0.0859. The maximum Gasteiger partial charge on any atom is 0.315 e. The smallest absolute Gasteiger partial charge is 0.315 e. The molecule has 1 atom stereocenters. The van der Waals surface area contributed by atoms with Gasteiger partial charge in [-0.15, -0.1) is 12.3 Å². The van der Waals surface area contributed by atoms with Crippen molar-refractivity contribution >= 4 is 21.9 Å². The summed E-state index contributed by atoms with van der Waals surface area (Å²) in [6.07, 6.45) is 9.16. The maximum absolute atomic E-state index is 12.3. The SMILES string of the molecule is C#CC(C)(C)CCCCC(C)(C(=O)OC)c1cccc(Br)c1. The summed E-state index contributed by atoms with van der Waals surface area (Å²) in [5, 5.41) is 0. The van der Waals surface area contributed by atoms with Crippen LogP contribution in [0.2, 0.25) is 0 Å². The van der Waals surface area contributed by atoms with Crippen LogP contribution in [0, 0.1) is 17.8 Å². The molecule has 0 saturated carbocycles. The number of methoxy groups -OCH3 is 1. The summed E-state index contributed by atoms with van der Waals surface area (Å²) in [6, 6.07) is 7.87. The van der Waals surface area contributed by atoms with Crippen molar-refractivity contribution < 1.29 is 9.53 Å². The van der Waals surface area contributed by atoms with Crippen LogP contribution in [-0.4, -0.2) is 13.1 Å². The van der Waals surface area contributed by atoms with Crippen LogP contribution in [0.1, 0.15) is 52.0 Å². The van der Waals surface area contributed by atoms with Crippen molar-refractivity contribution in [1.29, 1.82) is 0 Å². The second-order valence-electron chi connectivity index (χ2n) is 6.57. The Bertz CT molecular complexity index is 557. The maximum atomic E-state index is 12.3. The van der Waals surface area contributed by atoms with Crippen molar-refractivity contribution in [3.8, 4) is 12.3 Å². The molecule has 0 heterocycles. The van der Waals surface area contributed by atoms with E-state index in [1.807, 2.05) is 31.2 Å². The first-order chi connectivity index (χ1) is 10.2. The van der Waals surface area contributed by atoms with Gasteiger partial charge in [0, 0.05) is 9.89 Å². The lowest BCUT2D eigenvalue weighted by Crippen LogP contribution is -2.33. The molecule has 0 aliphatic heterocycles. The second kappa shape index (κ2) is 7.83. The number of hydrogen-bond donors (Lipinski definition) is 0. The standard InChI is InChI=1S/C19H25BrO2/c1-6-18(2,3)12-7-8-13-19(4,17(21)22-5)15-10-9-11-16(20)14-15/h1,9-11,14H,7-8,12-13H2,2-5H3. The predicted molar refractivity (Wildman–Crippen MR) is 94.6 cm³/mol. The zero-order valence-electron chi connectivity index (χ0n) is 13.9. The van der Waals surface area contributed by atoms with Crippen LogP contribution < -0.4 is 0 Å². The largest absolute Gasteiger partial charge is 0.468 e. The van der Waals surface area contributed by atoms with E-state index >= 15 is 0 Å². The van der Waals surface area contributed by atoms with Gasteiger partial charge in [-0.1, -0.05) is 40.9 Å².